The van der Waals surface area contributed by atoms with Crippen LogP contribution in [0.5, 0.6) is 0 Å². The Morgan fingerprint density at radius 2 is 1.72 bits per heavy atom. The Hall–Kier alpha value is -2.10. The van der Waals surface area contributed by atoms with E-state index in [2.05, 4.69) is 0 Å². The molecule has 2 aromatic carbocycles. The van der Waals surface area contributed by atoms with Crippen molar-refractivity contribution < 1.29 is 14.3 Å². The number of hydrogen-bond donors (Lipinski definition) is 0. The molecule has 0 bridgehead atoms. The normalized spacial score (nSPS) is 19.7. The largest absolute Gasteiger partial charge is 0.485 e. The molecular weight excluding hydrogens is 359 g/mol. The van der Waals surface area contributed by atoms with E-state index in [0.29, 0.717) is 32.5 Å². The smallest absolute Gasteiger partial charge is 0.204 e. The van der Waals surface area contributed by atoms with Crippen LogP contribution in [0.2, 0.25) is 10.0 Å². The molecule has 1 aliphatic heterocycles. The summed E-state index contributed by atoms with van der Waals surface area (Å²) in [5.41, 5.74) is 1.65. The summed E-state index contributed by atoms with van der Waals surface area (Å²) in [5, 5.41) is 0.893. The molecule has 25 heavy (non-hydrogen) atoms. The Morgan fingerprint density at radius 3 is 2.32 bits per heavy atom. The molecule has 3 rings (SSSR count). The molecule has 1 heterocycles. The third-order valence-electron chi connectivity index (χ3n) is 4.29. The fourth-order valence-electron chi connectivity index (χ4n) is 3.20. The molecule has 0 aromatic heterocycles. The lowest BCUT2D eigenvalue weighted by Gasteiger charge is -2.21. The third kappa shape index (κ3) is 3.35. The van der Waals surface area contributed by atoms with Gasteiger partial charge >= 0.3 is 0 Å². The van der Waals surface area contributed by atoms with Crippen molar-refractivity contribution in [2.24, 2.45) is 0 Å². The van der Waals surface area contributed by atoms with Crippen LogP contribution >= 0.6 is 23.2 Å². The molecule has 0 spiro atoms. The highest BCUT2D eigenvalue weighted by atomic mass is 35.5. The minimum atomic E-state index is -0.833. The number of halogens is 2. The first-order valence-electron chi connectivity index (χ1n) is 7.82. The molecule has 0 amide bonds. The highest BCUT2D eigenvalue weighted by Crippen LogP contribution is 2.43. The van der Waals surface area contributed by atoms with Gasteiger partial charge in [-0.1, -0.05) is 59.6 Å². The van der Waals surface area contributed by atoms with E-state index in [4.69, 9.17) is 27.9 Å². The second-order valence-corrected chi connectivity index (χ2v) is 6.78. The lowest BCUT2D eigenvalue weighted by molar-refractivity contribution is -0.113. The molecule has 0 radical (unpaired) electrons. The summed E-state index contributed by atoms with van der Waals surface area (Å²) in [4.78, 5) is 25.2. The van der Waals surface area contributed by atoms with Gasteiger partial charge in [0.1, 0.15) is 5.76 Å². The van der Waals surface area contributed by atoms with Gasteiger partial charge < -0.3 is 4.74 Å². The Bertz CT molecular complexity index is 872. The van der Waals surface area contributed by atoms with Crippen molar-refractivity contribution in [2.75, 3.05) is 0 Å². The van der Waals surface area contributed by atoms with Crippen molar-refractivity contribution in [1.29, 1.82) is 0 Å². The van der Waals surface area contributed by atoms with Crippen LogP contribution in [0, 0.1) is 0 Å². The zero-order valence-corrected chi connectivity index (χ0v) is 15.3. The van der Waals surface area contributed by atoms with Crippen molar-refractivity contribution in [2.45, 2.75) is 25.9 Å². The summed E-state index contributed by atoms with van der Waals surface area (Å²) < 4.78 is 5.82. The number of ether oxygens (including phenoxy) is 1. The number of rotatable bonds is 4. The number of carbonyl (C=O) groups is 2. The first kappa shape index (κ1) is 17.7. The Kier molecular flexibility index (Phi) is 4.98. The molecule has 0 unspecified atom stereocenters. The lowest BCUT2D eigenvalue weighted by Crippen LogP contribution is -2.28. The minimum absolute atomic E-state index is 0.142. The van der Waals surface area contributed by atoms with E-state index < -0.39 is 12.0 Å². The van der Waals surface area contributed by atoms with Gasteiger partial charge in [0.25, 0.3) is 0 Å². The van der Waals surface area contributed by atoms with Crippen molar-refractivity contribution in [3.63, 3.8) is 0 Å². The summed E-state index contributed by atoms with van der Waals surface area (Å²) >= 11 is 12.3. The fourth-order valence-corrected chi connectivity index (χ4v) is 3.73. The van der Waals surface area contributed by atoms with Crippen molar-refractivity contribution in [1.82, 2.24) is 0 Å². The maximum absolute atomic E-state index is 13.0. The first-order chi connectivity index (χ1) is 11.9. The molecule has 0 saturated heterocycles. The monoisotopic (exact) mass is 374 g/mol. The summed E-state index contributed by atoms with van der Waals surface area (Å²) in [5.74, 6) is -0.433. The SMILES string of the molecule is CC(=O)C1=C(C)O[C@@H](C(=O)c2ccccc2)[C@@H]1c1ccc(Cl)cc1Cl. The molecule has 1 aliphatic rings. The maximum Gasteiger partial charge on any atom is 0.204 e. The van der Waals surface area contributed by atoms with Gasteiger partial charge in [-0.15, -0.1) is 0 Å². The van der Waals surface area contributed by atoms with E-state index in [-0.39, 0.29) is 11.6 Å². The van der Waals surface area contributed by atoms with Gasteiger partial charge in [0.2, 0.25) is 5.78 Å². The highest BCUT2D eigenvalue weighted by molar-refractivity contribution is 6.35. The Labute approximate surface area is 156 Å². The van der Waals surface area contributed by atoms with Crippen molar-refractivity contribution >= 4 is 34.8 Å². The molecular formula is C20H16Cl2O3. The Balaban J connectivity index is 2.10. The second-order valence-electron chi connectivity index (χ2n) is 5.94. The molecule has 128 valence electrons. The van der Waals surface area contributed by atoms with E-state index in [1.165, 1.54) is 6.92 Å². The summed E-state index contributed by atoms with van der Waals surface area (Å²) in [6.45, 7) is 3.17. The number of hydrogen-bond acceptors (Lipinski definition) is 3. The van der Waals surface area contributed by atoms with Crippen LogP contribution in [-0.4, -0.2) is 17.7 Å². The molecule has 0 fully saturated rings. The molecule has 2 aromatic rings. The van der Waals surface area contributed by atoms with Gasteiger partial charge in [-0.3, -0.25) is 9.59 Å². The summed E-state index contributed by atoms with van der Waals surface area (Å²) in [7, 11) is 0. The van der Waals surface area contributed by atoms with Gasteiger partial charge in [0.05, 0.1) is 5.92 Å². The van der Waals surface area contributed by atoms with Crippen LogP contribution in [0.4, 0.5) is 0 Å². The van der Waals surface area contributed by atoms with Gasteiger partial charge in [-0.05, 0) is 31.5 Å². The van der Waals surface area contributed by atoms with Crippen LogP contribution in [-0.2, 0) is 9.53 Å². The van der Waals surface area contributed by atoms with Gasteiger partial charge in [0, 0.05) is 21.2 Å². The molecule has 3 nitrogen and oxygen atoms in total. The van der Waals surface area contributed by atoms with E-state index in [1.54, 1.807) is 49.4 Å². The number of Topliss-reactive ketones (excluding diaryl/α,β-unsaturated/α-hetero) is 2. The quantitative estimate of drug-likeness (QED) is 0.688. The van der Waals surface area contributed by atoms with E-state index in [1.807, 2.05) is 6.07 Å². The van der Waals surface area contributed by atoms with E-state index >= 15 is 0 Å². The minimum Gasteiger partial charge on any atom is -0.485 e. The Morgan fingerprint density at radius 1 is 1.04 bits per heavy atom. The van der Waals surface area contributed by atoms with Crippen molar-refractivity contribution in [3.8, 4) is 0 Å². The lowest BCUT2D eigenvalue weighted by atomic mass is 9.83. The van der Waals surface area contributed by atoms with Gasteiger partial charge in [-0.2, -0.15) is 0 Å². The molecule has 0 aliphatic carbocycles. The van der Waals surface area contributed by atoms with Crippen LogP contribution in [0.1, 0.15) is 35.7 Å². The average molecular weight is 375 g/mol. The topological polar surface area (TPSA) is 43.4 Å². The highest BCUT2D eigenvalue weighted by Gasteiger charge is 2.43. The number of benzene rings is 2. The molecule has 5 heteroatoms. The predicted octanol–water partition coefficient (Wildman–Crippen LogP) is 5.22. The predicted molar refractivity (Wildman–Crippen MR) is 98.2 cm³/mol. The summed E-state index contributed by atoms with van der Waals surface area (Å²) in [6, 6.07) is 13.9. The first-order valence-corrected chi connectivity index (χ1v) is 8.58. The second kappa shape index (κ2) is 7.03. The van der Waals surface area contributed by atoms with Gasteiger partial charge in [-0.25, -0.2) is 0 Å². The van der Waals surface area contributed by atoms with Gasteiger partial charge in [0.15, 0.2) is 11.9 Å². The molecule has 0 N–H and O–H groups in total. The van der Waals surface area contributed by atoms with Crippen LogP contribution in [0.15, 0.2) is 59.9 Å². The van der Waals surface area contributed by atoms with E-state index in [9.17, 15) is 9.59 Å². The van der Waals surface area contributed by atoms with E-state index in [0.717, 1.165) is 0 Å². The third-order valence-corrected chi connectivity index (χ3v) is 4.85. The maximum atomic E-state index is 13.0. The molecule has 2 atom stereocenters. The standard InChI is InChI=1S/C20H16Cl2O3/c1-11(23)17-12(2)25-20(19(24)13-6-4-3-5-7-13)18(17)15-9-8-14(21)10-16(15)22/h3-10,18,20H,1-2H3/t18-,20-/m1/s1. The van der Waals surface area contributed by atoms with Crippen LogP contribution in [0.3, 0.4) is 0 Å². The zero-order valence-electron chi connectivity index (χ0n) is 13.8. The van der Waals surface area contributed by atoms with Crippen molar-refractivity contribution in [3.05, 3.63) is 81.0 Å². The number of ketones is 2. The fraction of sp³-hybridized carbons (Fsp3) is 0.200. The zero-order chi connectivity index (χ0) is 18.1. The van der Waals surface area contributed by atoms with Crippen LogP contribution < -0.4 is 0 Å². The number of allylic oxidation sites excluding steroid dienone is 1. The average Bonchev–Trinajstić information content (AvgIpc) is 2.92. The molecule has 0 saturated carbocycles. The number of carbonyl (C=O) groups excluding carboxylic acids is 2. The summed E-state index contributed by atoms with van der Waals surface area (Å²) in [6.07, 6.45) is -0.833. The van der Waals surface area contributed by atoms with Crippen LogP contribution in [0.25, 0.3) is 0 Å².